The van der Waals surface area contributed by atoms with Gasteiger partial charge in [0.15, 0.2) is 0 Å². The molecule has 0 atom stereocenters. The molecular weight excluding hydrogens is 277 g/mol. The molecule has 2 rings (SSSR count). The third kappa shape index (κ3) is 3.78. The van der Waals surface area contributed by atoms with E-state index in [1.54, 1.807) is 12.1 Å². The first-order valence-electron chi connectivity index (χ1n) is 6.02. The molecule has 0 heterocycles. The van der Waals surface area contributed by atoms with Crippen molar-refractivity contribution >= 4 is 34.8 Å². The van der Waals surface area contributed by atoms with Gasteiger partial charge in [0, 0.05) is 4.90 Å². The van der Waals surface area contributed by atoms with Crippen LogP contribution in [0, 0.1) is 5.82 Å². The molecule has 0 N–H and O–H groups in total. The Hall–Kier alpha value is -1.39. The molecule has 0 aliphatic carbocycles. The van der Waals surface area contributed by atoms with Gasteiger partial charge in [-0.1, -0.05) is 37.3 Å². The Morgan fingerprint density at radius 2 is 1.74 bits per heavy atom. The van der Waals surface area contributed by atoms with Crippen LogP contribution in [-0.4, -0.2) is 4.99 Å². The van der Waals surface area contributed by atoms with E-state index < -0.39 is 0 Å². The fraction of sp³-hybridized carbons (Fsp3) is 0.133. The second-order valence-corrected chi connectivity index (χ2v) is 5.41. The first-order chi connectivity index (χ1) is 9.20. The van der Waals surface area contributed by atoms with Crippen molar-refractivity contribution in [3.63, 3.8) is 0 Å². The van der Waals surface area contributed by atoms with E-state index >= 15 is 0 Å². The van der Waals surface area contributed by atoms with Crippen molar-refractivity contribution in [3.8, 4) is 0 Å². The van der Waals surface area contributed by atoms with E-state index in [2.05, 4.69) is 0 Å². The van der Waals surface area contributed by atoms with Crippen LogP contribution in [0.5, 0.6) is 0 Å². The van der Waals surface area contributed by atoms with Crippen LogP contribution in [0.1, 0.15) is 13.3 Å². The van der Waals surface area contributed by atoms with Crippen LogP contribution in [0.15, 0.2) is 59.5 Å². The van der Waals surface area contributed by atoms with Crippen molar-refractivity contribution in [2.45, 2.75) is 18.2 Å². The smallest absolute Gasteiger partial charge is 0.123 e. The summed E-state index contributed by atoms with van der Waals surface area (Å²) in [5.41, 5.74) is 1.03. The van der Waals surface area contributed by atoms with Crippen LogP contribution in [0.25, 0.3) is 0 Å². The number of hydrogen-bond acceptors (Lipinski definition) is 2. The molecule has 98 valence electrons. The molecule has 4 heteroatoms. The molecule has 2 aromatic carbocycles. The third-order valence-electron chi connectivity index (χ3n) is 2.53. The molecule has 0 aromatic heterocycles. The number of nitrogens with zero attached hydrogens (tertiary/aromatic N) is 1. The van der Waals surface area contributed by atoms with E-state index in [0.717, 1.165) is 22.0 Å². The third-order valence-corrected chi connectivity index (χ3v) is 4.21. The van der Waals surface area contributed by atoms with Crippen LogP contribution in [0.3, 0.4) is 0 Å². The largest absolute Gasteiger partial charge is 0.274 e. The minimum atomic E-state index is -0.228. The molecule has 0 amide bonds. The lowest BCUT2D eigenvalue weighted by Crippen LogP contribution is -2.20. The number of para-hydroxylation sites is 1. The van der Waals surface area contributed by atoms with Crippen LogP contribution in [-0.2, 0) is 0 Å². The normalized spacial score (nSPS) is 10.2. The van der Waals surface area contributed by atoms with Crippen LogP contribution >= 0.6 is 24.2 Å². The SMILES string of the molecule is CCC(=S)N(Sc1ccc(F)cc1)c1ccccc1. The summed E-state index contributed by atoms with van der Waals surface area (Å²) < 4.78 is 14.9. The molecule has 2 aromatic rings. The van der Waals surface area contributed by atoms with Gasteiger partial charge in [0.1, 0.15) is 5.82 Å². The second kappa shape index (κ2) is 6.68. The molecule has 0 radical (unpaired) electrons. The highest BCUT2D eigenvalue weighted by molar-refractivity contribution is 8.02. The summed E-state index contributed by atoms with van der Waals surface area (Å²) in [6.45, 7) is 2.03. The lowest BCUT2D eigenvalue weighted by atomic mass is 10.3. The number of rotatable bonds is 4. The second-order valence-electron chi connectivity index (χ2n) is 3.92. The highest BCUT2D eigenvalue weighted by Gasteiger charge is 2.12. The zero-order valence-electron chi connectivity index (χ0n) is 10.5. The van der Waals surface area contributed by atoms with E-state index in [-0.39, 0.29) is 5.82 Å². The first-order valence-corrected chi connectivity index (χ1v) is 7.20. The van der Waals surface area contributed by atoms with Crippen molar-refractivity contribution in [2.75, 3.05) is 4.31 Å². The van der Waals surface area contributed by atoms with Crippen molar-refractivity contribution < 1.29 is 4.39 Å². The Bertz CT molecular complexity index is 540. The minimum Gasteiger partial charge on any atom is -0.274 e. The molecule has 0 unspecified atom stereocenters. The number of anilines is 1. The average molecular weight is 291 g/mol. The Labute approximate surface area is 122 Å². The van der Waals surface area contributed by atoms with Gasteiger partial charge in [0.25, 0.3) is 0 Å². The van der Waals surface area contributed by atoms with Crippen LogP contribution in [0.4, 0.5) is 10.1 Å². The van der Waals surface area contributed by atoms with E-state index in [1.165, 1.54) is 24.1 Å². The summed E-state index contributed by atoms with van der Waals surface area (Å²) in [5.74, 6) is -0.228. The van der Waals surface area contributed by atoms with Gasteiger partial charge >= 0.3 is 0 Å². The molecule has 19 heavy (non-hydrogen) atoms. The summed E-state index contributed by atoms with van der Waals surface area (Å²) in [4.78, 5) is 1.81. The summed E-state index contributed by atoms with van der Waals surface area (Å²) in [6.07, 6.45) is 0.790. The maximum absolute atomic E-state index is 12.9. The topological polar surface area (TPSA) is 3.24 Å². The molecule has 0 aliphatic heterocycles. The number of hydrogen-bond donors (Lipinski definition) is 0. The van der Waals surface area contributed by atoms with E-state index in [4.69, 9.17) is 12.2 Å². The summed E-state index contributed by atoms with van der Waals surface area (Å²) >= 11 is 6.92. The Balaban J connectivity index is 2.24. The van der Waals surface area contributed by atoms with E-state index in [0.29, 0.717) is 0 Å². The first kappa shape index (κ1) is 14.0. The van der Waals surface area contributed by atoms with Gasteiger partial charge in [-0.2, -0.15) is 0 Å². The fourth-order valence-electron chi connectivity index (χ4n) is 1.56. The summed E-state index contributed by atoms with van der Waals surface area (Å²) in [5, 5.41) is 0. The quantitative estimate of drug-likeness (QED) is 0.571. The van der Waals surface area contributed by atoms with Gasteiger partial charge in [-0.3, -0.25) is 4.31 Å². The highest BCUT2D eigenvalue weighted by Crippen LogP contribution is 2.30. The van der Waals surface area contributed by atoms with Crippen LogP contribution in [0.2, 0.25) is 0 Å². The lowest BCUT2D eigenvalue weighted by Gasteiger charge is -2.23. The number of thiocarbonyl (C=S) groups is 1. The van der Waals surface area contributed by atoms with Crippen molar-refractivity contribution in [3.05, 3.63) is 60.4 Å². The standard InChI is InChI=1S/C15H14FNS2/c1-2-15(18)17(13-6-4-3-5-7-13)19-14-10-8-12(16)9-11-14/h3-11H,2H2,1H3. The zero-order valence-corrected chi connectivity index (χ0v) is 12.2. The van der Waals surface area contributed by atoms with E-state index in [1.807, 2.05) is 41.6 Å². The monoisotopic (exact) mass is 291 g/mol. The van der Waals surface area contributed by atoms with Gasteiger partial charge in [-0.25, -0.2) is 4.39 Å². The van der Waals surface area contributed by atoms with Crippen molar-refractivity contribution in [1.29, 1.82) is 0 Å². The predicted octanol–water partition coefficient (Wildman–Crippen LogP) is 5.08. The predicted molar refractivity (Wildman–Crippen MR) is 84.1 cm³/mol. The van der Waals surface area contributed by atoms with Gasteiger partial charge in [-0.05, 0) is 54.8 Å². The molecule has 0 bridgehead atoms. The Kier molecular flexibility index (Phi) is 4.93. The Morgan fingerprint density at radius 3 is 2.32 bits per heavy atom. The van der Waals surface area contributed by atoms with Crippen molar-refractivity contribution in [2.24, 2.45) is 0 Å². The van der Waals surface area contributed by atoms with E-state index in [9.17, 15) is 4.39 Å². The maximum atomic E-state index is 12.9. The highest BCUT2D eigenvalue weighted by atomic mass is 32.2. The molecule has 0 aliphatic rings. The Morgan fingerprint density at radius 1 is 1.11 bits per heavy atom. The lowest BCUT2D eigenvalue weighted by molar-refractivity contribution is 0.626. The van der Waals surface area contributed by atoms with Gasteiger partial charge in [-0.15, -0.1) is 0 Å². The summed E-state index contributed by atoms with van der Waals surface area (Å²) in [7, 11) is 0. The van der Waals surface area contributed by atoms with Gasteiger partial charge < -0.3 is 0 Å². The minimum absolute atomic E-state index is 0.228. The fourth-order valence-corrected chi connectivity index (χ4v) is 2.70. The molecule has 0 spiro atoms. The number of halogens is 1. The van der Waals surface area contributed by atoms with Crippen molar-refractivity contribution in [1.82, 2.24) is 0 Å². The number of benzene rings is 2. The molecule has 0 saturated heterocycles. The van der Waals surface area contributed by atoms with Gasteiger partial charge in [0.2, 0.25) is 0 Å². The molecular formula is C15H14FNS2. The molecule has 0 saturated carbocycles. The van der Waals surface area contributed by atoms with Gasteiger partial charge in [0.05, 0.1) is 10.7 Å². The summed E-state index contributed by atoms with van der Waals surface area (Å²) in [6, 6.07) is 16.4. The van der Waals surface area contributed by atoms with Crippen LogP contribution < -0.4 is 4.31 Å². The molecule has 0 fully saturated rings. The molecule has 1 nitrogen and oxygen atoms in total. The average Bonchev–Trinajstić information content (AvgIpc) is 2.47. The maximum Gasteiger partial charge on any atom is 0.123 e. The zero-order chi connectivity index (χ0) is 13.7.